The fourth-order valence-electron chi connectivity index (χ4n) is 9.53. The van der Waals surface area contributed by atoms with Crippen molar-refractivity contribution < 1.29 is 76.2 Å². The molecule has 4 aromatic carbocycles. The minimum absolute atomic E-state index is 0.00197. The van der Waals surface area contributed by atoms with Crippen molar-refractivity contribution in [2.45, 2.75) is 89.1 Å². The van der Waals surface area contributed by atoms with Crippen LogP contribution in [0.4, 0.5) is 8.78 Å². The number of thioether (sulfide) groups is 1. The summed E-state index contributed by atoms with van der Waals surface area (Å²) in [6.45, 7) is 4.68. The zero-order valence-electron chi connectivity index (χ0n) is 49.5. The van der Waals surface area contributed by atoms with Gasteiger partial charge in [-0.2, -0.15) is 0 Å². The van der Waals surface area contributed by atoms with Gasteiger partial charge in [-0.05, 0) is 72.7 Å². The van der Waals surface area contributed by atoms with E-state index < -0.39 is 64.4 Å². The molecule has 24 heteroatoms. The molecule has 2 unspecified atom stereocenters. The molecule has 0 aliphatic carbocycles. The molecule has 1 aliphatic heterocycles. The molecule has 2 heterocycles. The number of nitrogens with zero attached hydrogens (tertiary/aromatic N) is 3. The Morgan fingerprint density at radius 2 is 1.27 bits per heavy atom. The molecule has 476 valence electrons. The maximum Gasteiger partial charge on any atom is 0.331 e. The molecular weight excluding hydrogens is 1160 g/mol. The van der Waals surface area contributed by atoms with Crippen molar-refractivity contribution in [1.82, 2.24) is 19.4 Å². The van der Waals surface area contributed by atoms with E-state index in [9.17, 15) is 57.4 Å². The van der Waals surface area contributed by atoms with Crippen molar-refractivity contribution in [3.05, 3.63) is 157 Å². The maximum absolute atomic E-state index is 14.9. The molecule has 1 saturated heterocycles. The maximum atomic E-state index is 14.9. The molecule has 0 bridgehead atoms. The Hall–Kier alpha value is -7.29. The number of hydrogen-bond acceptors (Lipinski definition) is 17. The molecule has 1 aromatic heterocycles. The predicted octanol–water partition coefficient (Wildman–Crippen LogP) is 5.76. The number of aliphatic carboxylic acids is 1. The lowest BCUT2D eigenvalue weighted by Crippen LogP contribution is -2.44. The Bertz CT molecular complexity index is 3180. The number of Topliss-reactive ketones (excluding diaryl/α,β-unsaturated/α-hetero) is 2. The van der Waals surface area contributed by atoms with E-state index in [0.29, 0.717) is 96.3 Å². The molecule has 21 nitrogen and oxygen atoms in total. The van der Waals surface area contributed by atoms with E-state index in [0.717, 1.165) is 44.5 Å². The number of carboxylic acid groups (broad SMARTS) is 1. The lowest BCUT2D eigenvalue weighted by molar-refractivity contribution is -0.143. The fourth-order valence-corrected chi connectivity index (χ4v) is 10.8. The predicted molar refractivity (Wildman–Crippen MR) is 324 cm³/mol. The normalized spacial score (nSPS) is 13.9. The average molecular weight is 1240 g/mol. The summed E-state index contributed by atoms with van der Waals surface area (Å²) in [7, 11) is 0. The van der Waals surface area contributed by atoms with Crippen molar-refractivity contribution in [2.24, 2.45) is 11.7 Å². The quantitative estimate of drug-likeness (QED) is 0.0267. The van der Waals surface area contributed by atoms with Crippen LogP contribution < -0.4 is 22.3 Å². The number of benzene rings is 4. The number of nitrogens with one attached hydrogen (secondary N) is 1. The summed E-state index contributed by atoms with van der Waals surface area (Å²) in [5.74, 6) is -5.19. The summed E-state index contributed by atoms with van der Waals surface area (Å²) in [6, 6.07) is 25.3. The van der Waals surface area contributed by atoms with Crippen molar-refractivity contribution in [3.63, 3.8) is 0 Å². The van der Waals surface area contributed by atoms with Crippen LogP contribution in [0.5, 0.6) is 5.75 Å². The molecule has 3 amide bonds. The van der Waals surface area contributed by atoms with Crippen molar-refractivity contribution in [3.8, 4) is 16.9 Å². The monoisotopic (exact) mass is 1240 g/mol. The number of carboxylic acids is 1. The average Bonchev–Trinajstić information content (AvgIpc) is 2.56. The minimum atomic E-state index is -1.18. The van der Waals surface area contributed by atoms with Gasteiger partial charge in [0.2, 0.25) is 17.7 Å². The van der Waals surface area contributed by atoms with E-state index in [1.807, 2.05) is 12.1 Å². The minimum Gasteiger partial charge on any atom is -0.508 e. The highest BCUT2D eigenvalue weighted by Crippen LogP contribution is 2.28. The number of hydrogen-bond donors (Lipinski definition) is 4. The van der Waals surface area contributed by atoms with Gasteiger partial charge in [-0.15, -0.1) is 11.8 Å². The number of carbonyl (C=O) groups excluding carboxylic acids is 5. The number of imide groups is 1. The third-order valence-electron chi connectivity index (χ3n) is 14.5. The van der Waals surface area contributed by atoms with Crippen LogP contribution in [-0.4, -0.2) is 163 Å². The van der Waals surface area contributed by atoms with Crippen molar-refractivity contribution in [1.29, 1.82) is 0 Å². The van der Waals surface area contributed by atoms with Gasteiger partial charge in [0.15, 0.2) is 0 Å². The molecular formula is C64H79F2N5O16S. The van der Waals surface area contributed by atoms with Crippen LogP contribution in [0.25, 0.3) is 11.1 Å². The topological polar surface area (TPSA) is 284 Å². The number of aromatic nitrogens is 2. The van der Waals surface area contributed by atoms with Crippen LogP contribution in [-0.2, 0) is 83.1 Å². The van der Waals surface area contributed by atoms with Crippen molar-refractivity contribution >= 4 is 47.0 Å². The number of carbonyl (C=O) groups is 6. The molecule has 5 aromatic rings. The molecule has 0 spiro atoms. The van der Waals surface area contributed by atoms with E-state index in [-0.39, 0.29) is 117 Å². The third kappa shape index (κ3) is 23.0. The molecule has 5 N–H and O–H groups in total. The first-order valence-electron chi connectivity index (χ1n) is 29.4. The molecule has 6 rings (SSSR count). The third-order valence-corrected chi connectivity index (χ3v) is 15.8. The van der Waals surface area contributed by atoms with Gasteiger partial charge in [0, 0.05) is 81.3 Å². The summed E-state index contributed by atoms with van der Waals surface area (Å²) in [5.41, 5.74) is 8.06. The molecule has 3 atom stereocenters. The number of ether oxygens (including phenoxy) is 6. The van der Waals surface area contributed by atoms with Gasteiger partial charge >= 0.3 is 11.7 Å². The first-order valence-corrected chi connectivity index (χ1v) is 30.5. The fraction of sp³-hybridized carbons (Fsp3) is 0.469. The lowest BCUT2D eigenvalue weighted by Gasteiger charge is -2.20. The van der Waals surface area contributed by atoms with E-state index in [4.69, 9.17) is 34.2 Å². The van der Waals surface area contributed by atoms with Crippen LogP contribution >= 0.6 is 11.8 Å². The number of likely N-dealkylation sites (tertiary alicyclic amines) is 1. The number of amides is 3. The first kappa shape index (κ1) is 69.8. The smallest absolute Gasteiger partial charge is 0.331 e. The number of phenolic OH excluding ortho intramolecular Hbond substituents is 1. The van der Waals surface area contributed by atoms with Gasteiger partial charge in [-0.25, -0.2) is 13.6 Å². The van der Waals surface area contributed by atoms with Crippen LogP contribution in [0.2, 0.25) is 0 Å². The Labute approximate surface area is 513 Å². The molecule has 88 heavy (non-hydrogen) atoms. The van der Waals surface area contributed by atoms with Gasteiger partial charge in [0.1, 0.15) is 29.0 Å². The summed E-state index contributed by atoms with van der Waals surface area (Å²) in [6.07, 6.45) is 1.78. The van der Waals surface area contributed by atoms with Gasteiger partial charge in [0.25, 0.3) is 5.56 Å². The number of ketones is 2. The number of nitrogens with two attached hydrogens (primary N) is 1. The molecule has 0 radical (unpaired) electrons. The highest BCUT2D eigenvalue weighted by Gasteiger charge is 2.39. The number of rotatable bonds is 43. The van der Waals surface area contributed by atoms with Crippen molar-refractivity contribution in [2.75, 3.05) is 98.1 Å². The lowest BCUT2D eigenvalue weighted by atomic mass is 9.99. The first-order chi connectivity index (χ1) is 42.5. The summed E-state index contributed by atoms with van der Waals surface area (Å²) in [4.78, 5) is 104. The van der Waals surface area contributed by atoms with Crippen LogP contribution in [0.1, 0.15) is 78.9 Å². The Balaban J connectivity index is 0.742. The highest BCUT2D eigenvalue weighted by molar-refractivity contribution is 8.00. The van der Waals surface area contributed by atoms with Gasteiger partial charge in [-0.1, -0.05) is 72.8 Å². The number of aryl methyl sites for hydroxylation is 2. The summed E-state index contributed by atoms with van der Waals surface area (Å²) in [5, 5.41) is 21.1. The van der Waals surface area contributed by atoms with Crippen LogP contribution in [0, 0.1) is 24.5 Å². The van der Waals surface area contributed by atoms with E-state index >= 15 is 0 Å². The van der Waals surface area contributed by atoms with Gasteiger partial charge in [-0.3, -0.25) is 47.6 Å². The van der Waals surface area contributed by atoms with Gasteiger partial charge < -0.3 is 49.7 Å². The Morgan fingerprint density at radius 1 is 0.682 bits per heavy atom. The Kier molecular flexibility index (Phi) is 29.8. The molecule has 0 saturated carbocycles. The number of phenols is 1. The number of halogens is 2. The standard InChI is InChI=1S/C64H79F2N5O16S/c1-44-60(62(78)71(42-56(67)47-9-3-2-4-10-47)64(81)70(44)41-53-54(65)13-6-14-55(53)66)48-11-5-8-46(38-48)17-21-50(72)12-7-26-82-28-30-84-32-34-86-36-37-87-35-33-85-31-29-83-27-23-52(74)39-49(63(79)80)43-88-57-40-59(76)69(61(57)77)25-24-68-58(75)22-18-45-15-19-51(73)20-16-45/h2-6,8-11,13-16,19-20,38,49,56-57,73H,7,12,17-18,21-37,39-43,67H2,1H3,(H,68,75)(H,79,80)/t49?,56-,57?/m0/s1. The second-order valence-electron chi connectivity index (χ2n) is 20.9. The largest absolute Gasteiger partial charge is 0.508 e. The second-order valence-corrected chi connectivity index (χ2v) is 22.2. The van der Waals surface area contributed by atoms with Crippen LogP contribution in [0.15, 0.2) is 107 Å². The highest BCUT2D eigenvalue weighted by atomic mass is 32.2. The van der Waals surface area contributed by atoms with E-state index in [1.165, 1.54) is 22.8 Å². The SMILES string of the molecule is Cc1c(-c2cccc(CCC(=O)CCCOCCOCCOCCOCCOCCOCCC(=O)CC(CSC3CC(=O)N(CCNC(=O)CCc4ccc(O)cc4)C3=O)C(=O)O)c2)c(=O)n(C[C@H](N)c2ccccc2)c(=O)n1Cc1c(F)cccc1F. The second kappa shape index (κ2) is 37.5. The van der Waals surface area contributed by atoms with Crippen LogP contribution in [0.3, 0.4) is 0 Å². The van der Waals surface area contributed by atoms with Gasteiger partial charge in [0.05, 0.1) is 102 Å². The summed E-state index contributed by atoms with van der Waals surface area (Å²) >= 11 is 1.03. The zero-order valence-corrected chi connectivity index (χ0v) is 50.4. The summed E-state index contributed by atoms with van der Waals surface area (Å²) < 4.78 is 65.2. The zero-order chi connectivity index (χ0) is 63.2. The number of aromatic hydroxyl groups is 1. The van der Waals surface area contributed by atoms with E-state index in [2.05, 4.69) is 5.32 Å². The molecule has 1 fully saturated rings. The van der Waals surface area contributed by atoms with E-state index in [1.54, 1.807) is 61.5 Å². The molecule has 1 aliphatic rings. The Morgan fingerprint density at radius 3 is 1.90 bits per heavy atom.